The Balaban J connectivity index is 1.80. The van der Waals surface area contributed by atoms with E-state index in [-0.39, 0.29) is 0 Å². The Hall–Kier alpha value is -3.64. The molecule has 0 saturated heterocycles. The van der Waals surface area contributed by atoms with Crippen molar-refractivity contribution in [2.75, 3.05) is 0 Å². The predicted molar refractivity (Wildman–Crippen MR) is 148 cm³/mol. The van der Waals surface area contributed by atoms with E-state index in [0.29, 0.717) is 0 Å². The smallest absolute Gasteiger partial charge is 0.0145 e. The summed E-state index contributed by atoms with van der Waals surface area (Å²) in [5, 5.41) is 2.69. The molecule has 0 fully saturated rings. The van der Waals surface area contributed by atoms with E-state index in [1.165, 1.54) is 49.7 Å². The first-order valence-corrected chi connectivity index (χ1v) is 11.8. The van der Waals surface area contributed by atoms with E-state index in [1.54, 1.807) is 0 Å². The molecule has 0 heterocycles. The minimum atomic E-state index is 1.03. The summed E-state index contributed by atoms with van der Waals surface area (Å²) in [6.45, 7) is 10.5. The van der Waals surface area contributed by atoms with E-state index in [4.69, 9.17) is 0 Å². The molecule has 0 unspecified atom stereocenters. The van der Waals surface area contributed by atoms with Crippen LogP contribution >= 0.6 is 0 Å². The van der Waals surface area contributed by atoms with E-state index in [2.05, 4.69) is 105 Å². The monoisotopic (exact) mass is 428 g/mol. The van der Waals surface area contributed by atoms with Gasteiger partial charge in [-0.15, -0.1) is 0 Å². The summed E-state index contributed by atoms with van der Waals surface area (Å²) in [5.74, 6) is 0. The van der Waals surface area contributed by atoms with Crippen LogP contribution in [0, 0.1) is 6.92 Å². The average Bonchev–Trinajstić information content (AvgIpc) is 2.84. The van der Waals surface area contributed by atoms with Gasteiger partial charge in [0.05, 0.1) is 0 Å². The van der Waals surface area contributed by atoms with Gasteiger partial charge in [-0.2, -0.15) is 0 Å². The first-order chi connectivity index (χ1) is 16.1. The van der Waals surface area contributed by atoms with Crippen LogP contribution in [0.1, 0.15) is 53.6 Å². The Morgan fingerprint density at radius 1 is 0.939 bits per heavy atom. The number of aryl methyl sites for hydroxylation is 2. The van der Waals surface area contributed by atoms with Crippen molar-refractivity contribution in [1.29, 1.82) is 0 Å². The molecule has 0 spiro atoms. The minimum Gasteiger partial charge on any atom is -0.0912 e. The fraction of sp³-hybridized carbons (Fsp3) is 0.152. The number of fused-ring (bicyclic) bond motifs is 3. The molecule has 0 bridgehead atoms. The van der Waals surface area contributed by atoms with Crippen LogP contribution in [0.2, 0.25) is 0 Å². The normalized spacial score (nSPS) is 14.1. The zero-order chi connectivity index (χ0) is 23.2. The van der Waals surface area contributed by atoms with E-state index in [9.17, 15) is 0 Å². The second-order valence-corrected chi connectivity index (χ2v) is 8.56. The lowest BCUT2D eigenvalue weighted by Gasteiger charge is -2.18. The molecule has 164 valence electrons. The molecule has 0 aromatic heterocycles. The third kappa shape index (κ3) is 4.91. The van der Waals surface area contributed by atoms with Crippen LogP contribution in [0.5, 0.6) is 0 Å². The van der Waals surface area contributed by atoms with Gasteiger partial charge in [0.25, 0.3) is 0 Å². The van der Waals surface area contributed by atoms with Crippen molar-refractivity contribution in [1.82, 2.24) is 0 Å². The Morgan fingerprint density at radius 3 is 2.58 bits per heavy atom. The summed E-state index contributed by atoms with van der Waals surface area (Å²) in [5.41, 5.74) is 10.0. The highest BCUT2D eigenvalue weighted by molar-refractivity contribution is 5.97. The molecule has 3 aromatic carbocycles. The van der Waals surface area contributed by atoms with Crippen LogP contribution in [-0.2, 0) is 6.42 Å². The lowest BCUT2D eigenvalue weighted by molar-refractivity contribution is 0.996. The van der Waals surface area contributed by atoms with Crippen molar-refractivity contribution >= 4 is 34.1 Å². The second kappa shape index (κ2) is 10.3. The van der Waals surface area contributed by atoms with Gasteiger partial charge < -0.3 is 0 Å². The molecule has 0 radical (unpaired) electrons. The highest BCUT2D eigenvalue weighted by Gasteiger charge is 2.13. The maximum atomic E-state index is 4.26. The SMILES string of the molecule is C=C(/C=C\C=C/C)c1ccc(C(/C=C\C)=C/c2cc3ccccc3c3c2C=CCC3)cc1C. The van der Waals surface area contributed by atoms with Gasteiger partial charge in [0.15, 0.2) is 0 Å². The summed E-state index contributed by atoms with van der Waals surface area (Å²) in [7, 11) is 0. The van der Waals surface area contributed by atoms with Gasteiger partial charge in [0, 0.05) is 0 Å². The van der Waals surface area contributed by atoms with Crippen LogP contribution in [-0.4, -0.2) is 0 Å². The fourth-order valence-corrected chi connectivity index (χ4v) is 4.63. The molecule has 1 aliphatic rings. The van der Waals surface area contributed by atoms with Gasteiger partial charge in [-0.05, 0) is 101 Å². The minimum absolute atomic E-state index is 1.03. The van der Waals surface area contributed by atoms with Gasteiger partial charge in [0.1, 0.15) is 0 Å². The highest BCUT2D eigenvalue weighted by atomic mass is 14.2. The molecule has 0 aliphatic heterocycles. The number of benzene rings is 3. The molecule has 0 N–H and O–H groups in total. The number of allylic oxidation sites excluding steroid dienone is 9. The van der Waals surface area contributed by atoms with Crippen molar-refractivity contribution in [3.63, 3.8) is 0 Å². The van der Waals surface area contributed by atoms with E-state index >= 15 is 0 Å². The molecule has 0 amide bonds. The lowest BCUT2D eigenvalue weighted by atomic mass is 9.87. The molecule has 1 aliphatic carbocycles. The molecular weight excluding hydrogens is 396 g/mol. The van der Waals surface area contributed by atoms with Gasteiger partial charge in [-0.25, -0.2) is 0 Å². The number of hydrogen-bond donors (Lipinski definition) is 0. The topological polar surface area (TPSA) is 0 Å². The quantitative estimate of drug-likeness (QED) is 0.271. The maximum Gasteiger partial charge on any atom is -0.0145 e. The second-order valence-electron chi connectivity index (χ2n) is 8.56. The van der Waals surface area contributed by atoms with E-state index in [0.717, 1.165) is 18.4 Å². The van der Waals surface area contributed by atoms with E-state index < -0.39 is 0 Å². The lowest BCUT2D eigenvalue weighted by Crippen LogP contribution is -1.99. The summed E-state index contributed by atoms with van der Waals surface area (Å²) in [6, 6.07) is 17.8. The van der Waals surface area contributed by atoms with Crippen LogP contribution in [0.15, 0.2) is 97.6 Å². The first-order valence-electron chi connectivity index (χ1n) is 11.8. The summed E-state index contributed by atoms with van der Waals surface area (Å²) < 4.78 is 0. The molecule has 3 aromatic rings. The molecule has 0 nitrogen and oxygen atoms in total. The van der Waals surface area contributed by atoms with Crippen LogP contribution in [0.3, 0.4) is 0 Å². The maximum absolute atomic E-state index is 4.26. The summed E-state index contributed by atoms with van der Waals surface area (Å²) in [4.78, 5) is 0. The average molecular weight is 429 g/mol. The van der Waals surface area contributed by atoms with Crippen molar-refractivity contribution in [3.05, 3.63) is 131 Å². The molecule has 4 rings (SSSR count). The van der Waals surface area contributed by atoms with E-state index in [1.807, 2.05) is 25.2 Å². The first kappa shape index (κ1) is 22.6. The largest absolute Gasteiger partial charge is 0.0912 e. The zero-order valence-electron chi connectivity index (χ0n) is 19.9. The van der Waals surface area contributed by atoms with Gasteiger partial charge in [-0.3, -0.25) is 0 Å². The Labute approximate surface area is 198 Å². The van der Waals surface area contributed by atoms with Crippen LogP contribution in [0.25, 0.3) is 34.1 Å². The molecular formula is C33H32. The summed E-state index contributed by atoms with van der Waals surface area (Å²) >= 11 is 0. The predicted octanol–water partition coefficient (Wildman–Crippen LogP) is 9.37. The Bertz CT molecular complexity index is 1340. The zero-order valence-corrected chi connectivity index (χ0v) is 19.9. The van der Waals surface area contributed by atoms with Crippen molar-refractivity contribution in [2.24, 2.45) is 0 Å². The highest BCUT2D eigenvalue weighted by Crippen LogP contribution is 2.34. The third-order valence-corrected chi connectivity index (χ3v) is 6.24. The van der Waals surface area contributed by atoms with Crippen molar-refractivity contribution in [3.8, 4) is 0 Å². The van der Waals surface area contributed by atoms with Crippen LogP contribution < -0.4 is 0 Å². The molecule has 0 saturated carbocycles. The Kier molecular flexibility index (Phi) is 7.05. The van der Waals surface area contributed by atoms with Crippen molar-refractivity contribution < 1.29 is 0 Å². The molecule has 33 heavy (non-hydrogen) atoms. The molecule has 0 atom stereocenters. The number of hydrogen-bond acceptors (Lipinski definition) is 0. The Morgan fingerprint density at radius 2 is 1.79 bits per heavy atom. The van der Waals surface area contributed by atoms with Gasteiger partial charge in [0.2, 0.25) is 0 Å². The fourth-order valence-electron chi connectivity index (χ4n) is 4.63. The van der Waals surface area contributed by atoms with Gasteiger partial charge in [-0.1, -0.05) is 97.7 Å². The van der Waals surface area contributed by atoms with Crippen LogP contribution in [0.4, 0.5) is 0 Å². The van der Waals surface area contributed by atoms with Gasteiger partial charge >= 0.3 is 0 Å². The summed E-state index contributed by atoms with van der Waals surface area (Å²) in [6.07, 6.45) is 21.7. The standard InChI is InChI=1S/C33H32/c1-5-7-8-14-24(3)30-20-19-27(21-25(30)4)26(13-6-2)22-29-23-28-15-9-10-16-31(28)33-18-12-11-17-32(29)33/h5-11,13-17,19-23H,3,12,18H2,1-2,4H3/b7-5-,13-6-,14-8-,26-22+. The third-order valence-electron chi connectivity index (χ3n) is 6.24. The molecule has 0 heteroatoms. The number of rotatable bonds is 6. The van der Waals surface area contributed by atoms with Crippen molar-refractivity contribution in [2.45, 2.75) is 33.6 Å².